The number of aryl methyl sites for hydroxylation is 1. The molecule has 30 heavy (non-hydrogen) atoms. The lowest BCUT2D eigenvalue weighted by atomic mass is 10.1. The molecule has 0 aromatic heterocycles. The number of nitrogens with one attached hydrogen (secondary N) is 1. The van der Waals surface area contributed by atoms with E-state index in [1.54, 1.807) is 6.07 Å². The third-order valence-corrected chi connectivity index (χ3v) is 4.52. The van der Waals surface area contributed by atoms with Crippen LogP contribution < -0.4 is 14.8 Å². The van der Waals surface area contributed by atoms with E-state index in [-0.39, 0.29) is 25.2 Å². The molecule has 2 aromatic rings. The lowest BCUT2D eigenvalue weighted by molar-refractivity contribution is -0.150. The highest BCUT2D eigenvalue weighted by atomic mass is 16.6. The molecule has 0 saturated carbocycles. The third-order valence-electron chi connectivity index (χ3n) is 4.52. The van der Waals surface area contributed by atoms with Crippen molar-refractivity contribution < 1.29 is 23.8 Å². The summed E-state index contributed by atoms with van der Waals surface area (Å²) in [5, 5.41) is 2.82. The number of allylic oxidation sites excluding steroid dienone is 1. The number of methoxy groups -OCH3 is 1. The molecule has 1 N–H and O–H groups in total. The van der Waals surface area contributed by atoms with Crippen molar-refractivity contribution in [3.8, 4) is 11.5 Å². The van der Waals surface area contributed by atoms with Gasteiger partial charge in [0.15, 0.2) is 24.7 Å². The first-order chi connectivity index (χ1) is 14.5. The monoisotopic (exact) mass is 411 g/mol. The number of carbonyl (C=O) groups is 2. The van der Waals surface area contributed by atoms with Gasteiger partial charge >= 0.3 is 5.97 Å². The Morgan fingerprint density at radius 3 is 2.43 bits per heavy atom. The summed E-state index contributed by atoms with van der Waals surface area (Å²) in [7, 11) is 1.53. The van der Waals surface area contributed by atoms with Crippen LogP contribution in [0.2, 0.25) is 0 Å². The fourth-order valence-corrected chi connectivity index (χ4v) is 2.83. The van der Waals surface area contributed by atoms with Gasteiger partial charge in [0.25, 0.3) is 5.91 Å². The largest absolute Gasteiger partial charge is 0.493 e. The van der Waals surface area contributed by atoms with Crippen LogP contribution in [-0.2, 0) is 20.7 Å². The molecule has 6 nitrogen and oxygen atoms in total. The molecule has 160 valence electrons. The molecule has 0 bridgehead atoms. The molecule has 1 amide bonds. The van der Waals surface area contributed by atoms with Gasteiger partial charge in [-0.25, -0.2) is 4.79 Å². The minimum Gasteiger partial charge on any atom is -0.493 e. The molecule has 0 fully saturated rings. The second-order valence-corrected chi connectivity index (χ2v) is 6.74. The molecule has 1 atom stereocenters. The maximum Gasteiger partial charge on any atom is 0.344 e. The van der Waals surface area contributed by atoms with Gasteiger partial charge in [-0.05, 0) is 49.1 Å². The molecule has 0 aliphatic heterocycles. The average molecular weight is 411 g/mol. The van der Waals surface area contributed by atoms with Crippen LogP contribution in [-0.4, -0.2) is 32.2 Å². The number of ether oxygens (including phenoxy) is 3. The quantitative estimate of drug-likeness (QED) is 0.596. The Morgan fingerprint density at radius 1 is 1.07 bits per heavy atom. The molecule has 0 heterocycles. The summed E-state index contributed by atoms with van der Waals surface area (Å²) in [5.41, 5.74) is 3.18. The second-order valence-electron chi connectivity index (χ2n) is 6.74. The van der Waals surface area contributed by atoms with Gasteiger partial charge in [-0.1, -0.05) is 49.4 Å². The van der Waals surface area contributed by atoms with Crippen LogP contribution in [0.4, 0.5) is 0 Å². The van der Waals surface area contributed by atoms with E-state index in [0.29, 0.717) is 11.5 Å². The summed E-state index contributed by atoms with van der Waals surface area (Å²) in [6, 6.07) is 13.2. The summed E-state index contributed by atoms with van der Waals surface area (Å²) >= 11 is 0. The molecule has 0 saturated heterocycles. The van der Waals surface area contributed by atoms with Gasteiger partial charge in [-0.3, -0.25) is 4.79 Å². The summed E-state index contributed by atoms with van der Waals surface area (Å²) in [6.07, 6.45) is 4.81. The standard InChI is InChI=1S/C24H29NO5/c1-5-7-19-10-13-21(22(14-19)28-4)29-16-24(27)30-15-23(26)25-17(3)20-11-8-18(6-2)9-12-20/h5,7-14,17H,6,15-16H2,1-4H3,(H,25,26)/b7-5+. The highest BCUT2D eigenvalue weighted by molar-refractivity contribution is 5.81. The minimum atomic E-state index is -0.635. The lowest BCUT2D eigenvalue weighted by Crippen LogP contribution is -2.32. The summed E-state index contributed by atoms with van der Waals surface area (Å²) in [6.45, 7) is 5.21. The number of hydrogen-bond donors (Lipinski definition) is 1. The van der Waals surface area contributed by atoms with E-state index < -0.39 is 5.97 Å². The molecule has 0 aliphatic rings. The predicted molar refractivity (Wildman–Crippen MR) is 117 cm³/mol. The maximum absolute atomic E-state index is 12.1. The molecule has 2 aromatic carbocycles. The van der Waals surface area contributed by atoms with Crippen LogP contribution in [0, 0.1) is 0 Å². The second kappa shape index (κ2) is 11.7. The van der Waals surface area contributed by atoms with Gasteiger partial charge in [0.1, 0.15) is 0 Å². The zero-order chi connectivity index (χ0) is 21.9. The molecule has 6 heteroatoms. The van der Waals surface area contributed by atoms with Crippen LogP contribution in [0.5, 0.6) is 11.5 Å². The van der Waals surface area contributed by atoms with Crippen LogP contribution in [0.15, 0.2) is 48.5 Å². The fraction of sp³-hybridized carbons (Fsp3) is 0.333. The van der Waals surface area contributed by atoms with Gasteiger partial charge in [0, 0.05) is 0 Å². The lowest BCUT2D eigenvalue weighted by Gasteiger charge is -2.15. The van der Waals surface area contributed by atoms with E-state index in [1.807, 2.05) is 62.4 Å². The van der Waals surface area contributed by atoms with Gasteiger partial charge in [0.05, 0.1) is 13.2 Å². The average Bonchev–Trinajstić information content (AvgIpc) is 2.76. The highest BCUT2D eigenvalue weighted by Crippen LogP contribution is 2.28. The van der Waals surface area contributed by atoms with Gasteiger partial charge in [0.2, 0.25) is 0 Å². The first-order valence-electron chi connectivity index (χ1n) is 9.94. The van der Waals surface area contributed by atoms with Crippen molar-refractivity contribution in [2.45, 2.75) is 33.2 Å². The number of carbonyl (C=O) groups excluding carboxylic acids is 2. The van der Waals surface area contributed by atoms with E-state index in [2.05, 4.69) is 12.2 Å². The Balaban J connectivity index is 1.79. The first kappa shape index (κ1) is 23.0. The third kappa shape index (κ3) is 6.95. The van der Waals surface area contributed by atoms with E-state index in [4.69, 9.17) is 14.2 Å². The molecular weight excluding hydrogens is 382 g/mol. The van der Waals surface area contributed by atoms with Crippen molar-refractivity contribution in [3.63, 3.8) is 0 Å². The van der Waals surface area contributed by atoms with Gasteiger partial charge < -0.3 is 19.5 Å². The minimum absolute atomic E-state index is 0.182. The van der Waals surface area contributed by atoms with Gasteiger partial charge in [-0.2, -0.15) is 0 Å². The zero-order valence-electron chi connectivity index (χ0n) is 17.9. The molecule has 2 rings (SSSR count). The van der Waals surface area contributed by atoms with Crippen molar-refractivity contribution in [3.05, 3.63) is 65.2 Å². The van der Waals surface area contributed by atoms with Crippen LogP contribution in [0.1, 0.15) is 43.5 Å². The molecule has 0 radical (unpaired) electrons. The van der Waals surface area contributed by atoms with Crippen molar-refractivity contribution in [2.75, 3.05) is 20.3 Å². The smallest absolute Gasteiger partial charge is 0.344 e. The highest BCUT2D eigenvalue weighted by Gasteiger charge is 2.13. The Hall–Kier alpha value is -3.28. The van der Waals surface area contributed by atoms with Crippen LogP contribution in [0.3, 0.4) is 0 Å². The number of esters is 1. The molecule has 0 spiro atoms. The molecular formula is C24H29NO5. The van der Waals surface area contributed by atoms with Crippen LogP contribution >= 0.6 is 0 Å². The van der Waals surface area contributed by atoms with Crippen molar-refractivity contribution in [1.29, 1.82) is 0 Å². The van der Waals surface area contributed by atoms with Crippen molar-refractivity contribution in [2.24, 2.45) is 0 Å². The maximum atomic E-state index is 12.1. The van der Waals surface area contributed by atoms with E-state index in [9.17, 15) is 9.59 Å². The number of amides is 1. The number of hydrogen-bond acceptors (Lipinski definition) is 5. The number of benzene rings is 2. The fourth-order valence-electron chi connectivity index (χ4n) is 2.83. The summed E-state index contributed by atoms with van der Waals surface area (Å²) in [4.78, 5) is 24.0. The molecule has 0 aliphatic carbocycles. The van der Waals surface area contributed by atoms with Crippen LogP contribution in [0.25, 0.3) is 6.08 Å². The Morgan fingerprint density at radius 2 is 1.80 bits per heavy atom. The van der Waals surface area contributed by atoms with E-state index in [1.165, 1.54) is 12.7 Å². The van der Waals surface area contributed by atoms with E-state index >= 15 is 0 Å². The Bertz CT molecular complexity index is 874. The summed E-state index contributed by atoms with van der Waals surface area (Å²) < 4.78 is 15.8. The zero-order valence-corrected chi connectivity index (χ0v) is 17.9. The van der Waals surface area contributed by atoms with Crippen molar-refractivity contribution in [1.82, 2.24) is 5.32 Å². The Kier molecular flexibility index (Phi) is 8.94. The normalized spacial score (nSPS) is 11.7. The molecule has 1 unspecified atom stereocenters. The topological polar surface area (TPSA) is 73.9 Å². The van der Waals surface area contributed by atoms with Gasteiger partial charge in [-0.15, -0.1) is 0 Å². The first-order valence-corrected chi connectivity index (χ1v) is 9.94. The Labute approximate surface area is 177 Å². The van der Waals surface area contributed by atoms with E-state index in [0.717, 1.165) is 17.5 Å². The predicted octanol–water partition coefficient (Wildman–Crippen LogP) is 4.09. The summed E-state index contributed by atoms with van der Waals surface area (Å²) in [5.74, 6) is -0.0660. The van der Waals surface area contributed by atoms with Crippen molar-refractivity contribution >= 4 is 18.0 Å². The SMILES string of the molecule is C/C=C/c1ccc(OCC(=O)OCC(=O)NC(C)c2ccc(CC)cc2)c(OC)c1. The number of rotatable bonds is 10.